The lowest BCUT2D eigenvalue weighted by molar-refractivity contribution is 0.296. The van der Waals surface area contributed by atoms with E-state index in [-0.39, 0.29) is 30.0 Å². The summed E-state index contributed by atoms with van der Waals surface area (Å²) in [6, 6.07) is 11.9. The third kappa shape index (κ3) is 6.55. The van der Waals surface area contributed by atoms with Crippen molar-refractivity contribution in [3.05, 3.63) is 42.0 Å². The fourth-order valence-electron chi connectivity index (χ4n) is 3.41. The molecule has 1 unspecified atom stereocenters. The van der Waals surface area contributed by atoms with Gasteiger partial charge in [-0.2, -0.15) is 0 Å². The molecule has 1 aliphatic heterocycles. The molecule has 1 atom stereocenters. The average Bonchev–Trinajstić information content (AvgIpc) is 3.03. The molecule has 0 aliphatic carbocycles. The van der Waals surface area contributed by atoms with E-state index < -0.39 is 0 Å². The Morgan fingerprint density at radius 2 is 1.75 bits per heavy atom. The minimum atomic E-state index is 0. The number of likely N-dealkylation sites (N-methyl/N-ethyl adjacent to an activating group) is 1. The quantitative estimate of drug-likeness (QED) is 0.306. The van der Waals surface area contributed by atoms with E-state index in [2.05, 4.69) is 20.5 Å². The second kappa shape index (κ2) is 12.6. The lowest BCUT2D eigenvalue weighted by atomic mass is 10.1. The molecule has 3 rings (SSSR count). The van der Waals surface area contributed by atoms with Gasteiger partial charge < -0.3 is 34.5 Å². The zero-order valence-electron chi connectivity index (χ0n) is 19.3. The van der Waals surface area contributed by atoms with Crippen molar-refractivity contribution < 1.29 is 18.9 Å². The topological polar surface area (TPSA) is 76.6 Å². The number of ether oxygens (including phenoxy) is 4. The van der Waals surface area contributed by atoms with E-state index in [0.717, 1.165) is 29.2 Å². The summed E-state index contributed by atoms with van der Waals surface area (Å²) in [6.07, 6.45) is 0.878. The van der Waals surface area contributed by atoms with Gasteiger partial charge in [-0.05, 0) is 43.9 Å². The third-order valence-corrected chi connectivity index (χ3v) is 5.11. The number of anilines is 1. The number of hydrogen-bond donors (Lipinski definition) is 2. The first kappa shape index (κ1) is 25.9. The van der Waals surface area contributed by atoms with Gasteiger partial charge in [0.15, 0.2) is 29.0 Å². The molecule has 9 heteroatoms. The minimum Gasteiger partial charge on any atom is -0.493 e. The monoisotopic (exact) mass is 556 g/mol. The van der Waals surface area contributed by atoms with Gasteiger partial charge in [0.2, 0.25) is 0 Å². The van der Waals surface area contributed by atoms with Gasteiger partial charge in [0.05, 0.1) is 33.5 Å². The summed E-state index contributed by atoms with van der Waals surface area (Å²) in [5, 5.41) is 6.74. The van der Waals surface area contributed by atoms with Crippen molar-refractivity contribution in [2.75, 3.05) is 60.4 Å². The lowest BCUT2D eigenvalue weighted by Crippen LogP contribution is -2.38. The van der Waals surface area contributed by atoms with Crippen molar-refractivity contribution in [1.29, 1.82) is 0 Å². The van der Waals surface area contributed by atoms with E-state index in [4.69, 9.17) is 18.9 Å². The van der Waals surface area contributed by atoms with Crippen molar-refractivity contribution in [1.82, 2.24) is 10.2 Å². The van der Waals surface area contributed by atoms with Crippen molar-refractivity contribution in [3.8, 4) is 23.0 Å². The Bertz CT molecular complexity index is 908. The zero-order valence-corrected chi connectivity index (χ0v) is 21.6. The first-order valence-electron chi connectivity index (χ1n) is 10.3. The van der Waals surface area contributed by atoms with Crippen LogP contribution in [0.15, 0.2) is 41.4 Å². The molecule has 2 N–H and O–H groups in total. The third-order valence-electron chi connectivity index (χ3n) is 5.11. The molecule has 176 valence electrons. The van der Waals surface area contributed by atoms with Gasteiger partial charge in [0, 0.05) is 31.8 Å². The van der Waals surface area contributed by atoms with Gasteiger partial charge in [-0.15, -0.1) is 24.0 Å². The van der Waals surface area contributed by atoms with Crippen molar-refractivity contribution >= 4 is 35.6 Å². The molecular formula is C23H33IN4O4. The number of benzene rings is 2. The van der Waals surface area contributed by atoms with Gasteiger partial charge in [-0.25, -0.2) is 0 Å². The number of aliphatic imine (C=N–C) groups is 1. The maximum atomic E-state index is 5.78. The molecule has 2 aromatic carbocycles. The van der Waals surface area contributed by atoms with Crippen LogP contribution in [0.2, 0.25) is 0 Å². The predicted molar refractivity (Wildman–Crippen MR) is 138 cm³/mol. The Balaban J connectivity index is 0.00000363. The van der Waals surface area contributed by atoms with Crippen molar-refractivity contribution in [2.45, 2.75) is 12.5 Å². The zero-order chi connectivity index (χ0) is 22.2. The summed E-state index contributed by atoms with van der Waals surface area (Å²) in [5.74, 6) is 3.61. The molecule has 0 spiro atoms. The Kier molecular flexibility index (Phi) is 10.2. The van der Waals surface area contributed by atoms with Crippen LogP contribution in [0.1, 0.15) is 18.0 Å². The van der Waals surface area contributed by atoms with Crippen LogP contribution >= 0.6 is 24.0 Å². The van der Waals surface area contributed by atoms with E-state index in [1.54, 1.807) is 21.3 Å². The normalized spacial score (nSPS) is 14.1. The van der Waals surface area contributed by atoms with Crippen LogP contribution in [0.25, 0.3) is 0 Å². The number of rotatable bonds is 7. The molecule has 1 aliphatic rings. The second-order valence-electron chi connectivity index (χ2n) is 7.38. The Labute approximate surface area is 207 Å². The average molecular weight is 556 g/mol. The Morgan fingerprint density at radius 1 is 1.03 bits per heavy atom. The van der Waals surface area contributed by atoms with Crippen LogP contribution in [-0.4, -0.2) is 66.0 Å². The SMILES string of the molecule is CN=C(NCC(c1ccc(OC)c(OC)c1)N(C)C)Nc1ccc2c(c1)OCCCO2.I. The highest BCUT2D eigenvalue weighted by Gasteiger charge is 2.18. The molecular weight excluding hydrogens is 523 g/mol. The number of guanidine groups is 1. The highest BCUT2D eigenvalue weighted by molar-refractivity contribution is 14.0. The van der Waals surface area contributed by atoms with Crippen molar-refractivity contribution in [3.63, 3.8) is 0 Å². The van der Waals surface area contributed by atoms with E-state index in [1.807, 2.05) is 50.5 Å². The number of hydrogen-bond acceptors (Lipinski definition) is 6. The van der Waals surface area contributed by atoms with E-state index >= 15 is 0 Å². The highest BCUT2D eigenvalue weighted by atomic mass is 127. The summed E-state index contributed by atoms with van der Waals surface area (Å²) in [5.41, 5.74) is 1.99. The first-order valence-corrected chi connectivity index (χ1v) is 10.3. The maximum Gasteiger partial charge on any atom is 0.195 e. The highest BCUT2D eigenvalue weighted by Crippen LogP contribution is 2.33. The van der Waals surface area contributed by atoms with Gasteiger partial charge in [0.1, 0.15) is 0 Å². The minimum absolute atomic E-state index is 0. The molecule has 8 nitrogen and oxygen atoms in total. The molecule has 0 saturated heterocycles. The Morgan fingerprint density at radius 3 is 2.41 bits per heavy atom. The predicted octanol–water partition coefficient (Wildman–Crippen LogP) is 3.77. The fourth-order valence-corrected chi connectivity index (χ4v) is 3.41. The summed E-state index contributed by atoms with van der Waals surface area (Å²) >= 11 is 0. The van der Waals surface area contributed by atoms with Gasteiger partial charge >= 0.3 is 0 Å². The fraction of sp³-hybridized carbons (Fsp3) is 0.435. The van der Waals surface area contributed by atoms with Crippen LogP contribution in [0.5, 0.6) is 23.0 Å². The molecule has 1 heterocycles. The number of nitrogens with one attached hydrogen (secondary N) is 2. The largest absolute Gasteiger partial charge is 0.493 e. The summed E-state index contributed by atoms with van der Waals surface area (Å²) in [4.78, 5) is 6.51. The number of halogens is 1. The van der Waals surface area contributed by atoms with Gasteiger partial charge in [-0.3, -0.25) is 4.99 Å². The molecule has 0 radical (unpaired) electrons. The van der Waals surface area contributed by atoms with Crippen LogP contribution in [0.4, 0.5) is 5.69 Å². The molecule has 32 heavy (non-hydrogen) atoms. The van der Waals surface area contributed by atoms with Gasteiger partial charge in [0.25, 0.3) is 0 Å². The molecule has 0 bridgehead atoms. The first-order chi connectivity index (χ1) is 15.0. The number of nitrogens with zero attached hydrogens (tertiary/aromatic N) is 2. The molecule has 2 aromatic rings. The van der Waals surface area contributed by atoms with Gasteiger partial charge in [-0.1, -0.05) is 6.07 Å². The Hall–Kier alpha value is -2.40. The van der Waals surface area contributed by atoms with E-state index in [0.29, 0.717) is 37.2 Å². The van der Waals surface area contributed by atoms with Crippen LogP contribution in [0.3, 0.4) is 0 Å². The standard InChI is InChI=1S/C23H32N4O4.HI/c1-24-23(26-17-8-10-20-22(14-17)31-12-6-11-30-20)25-15-18(27(2)3)16-7-9-19(28-4)21(13-16)29-5;/h7-10,13-14,18H,6,11-12,15H2,1-5H3,(H2,24,25,26);1H. The second-order valence-corrected chi connectivity index (χ2v) is 7.38. The van der Waals surface area contributed by atoms with E-state index in [1.165, 1.54) is 0 Å². The smallest absolute Gasteiger partial charge is 0.195 e. The summed E-state index contributed by atoms with van der Waals surface area (Å²) in [6.45, 7) is 1.97. The van der Waals surface area contributed by atoms with E-state index in [9.17, 15) is 0 Å². The molecule has 0 fully saturated rings. The molecule has 0 saturated carbocycles. The maximum absolute atomic E-state index is 5.78. The number of methoxy groups -OCH3 is 2. The summed E-state index contributed by atoms with van der Waals surface area (Å²) < 4.78 is 22.3. The van der Waals surface area contributed by atoms with Crippen molar-refractivity contribution in [2.24, 2.45) is 4.99 Å². The van der Waals surface area contributed by atoms with Crippen LogP contribution < -0.4 is 29.6 Å². The molecule has 0 aromatic heterocycles. The van der Waals surface area contributed by atoms with Crippen LogP contribution in [0, 0.1) is 0 Å². The lowest BCUT2D eigenvalue weighted by Gasteiger charge is -2.26. The summed E-state index contributed by atoms with van der Waals surface area (Å²) in [7, 11) is 9.12. The number of fused-ring (bicyclic) bond motifs is 1. The molecule has 0 amide bonds. The van der Waals surface area contributed by atoms with Crippen LogP contribution in [-0.2, 0) is 0 Å².